The maximum atomic E-state index is 11.8. The van der Waals surface area contributed by atoms with Crippen molar-refractivity contribution in [3.8, 4) is 0 Å². The topological polar surface area (TPSA) is 59.1 Å². The average molecular weight is 243 g/mol. The van der Waals surface area contributed by atoms with Gasteiger partial charge in [0.25, 0.3) is 0 Å². The highest BCUT2D eigenvalue weighted by Gasteiger charge is 2.34. The first-order valence-electron chi connectivity index (χ1n) is 4.20. The number of fused-ring (bicyclic) bond motifs is 1. The molecule has 0 bridgehead atoms. The molecule has 0 saturated carbocycles. The monoisotopic (exact) mass is 242 g/mol. The fourth-order valence-electron chi connectivity index (χ4n) is 1.39. The Kier molecular flexibility index (Phi) is 2.36. The Morgan fingerprint density at radius 1 is 1.33 bits per heavy atom. The van der Waals surface area contributed by atoms with Gasteiger partial charge in [0.05, 0.1) is 5.01 Å². The maximum absolute atomic E-state index is 11.8. The molecular weight excluding hydrogens is 236 g/mol. The number of aryl methyl sites for hydroxylation is 1. The van der Waals surface area contributed by atoms with Crippen LogP contribution in [-0.4, -0.2) is 23.6 Å². The van der Waals surface area contributed by atoms with Gasteiger partial charge in [0, 0.05) is 7.05 Å². The van der Waals surface area contributed by atoms with Crippen LogP contribution in [0.1, 0.15) is 25.2 Å². The van der Waals surface area contributed by atoms with Crippen molar-refractivity contribution in [3.63, 3.8) is 0 Å². The molecule has 1 heterocycles. The zero-order valence-corrected chi connectivity index (χ0v) is 9.62. The van der Waals surface area contributed by atoms with Crippen LogP contribution in [0.3, 0.4) is 0 Å². The molecule has 2 rings (SSSR count). The number of Topliss-reactive ketones (excluding diaryl/α,β-unsaturated/α-hetero) is 2. The van der Waals surface area contributed by atoms with E-state index >= 15 is 0 Å². The Morgan fingerprint density at radius 2 is 2.00 bits per heavy atom. The van der Waals surface area contributed by atoms with Gasteiger partial charge in [-0.2, -0.15) is 0 Å². The number of allylic oxidation sites excluding steroid dienone is 2. The van der Waals surface area contributed by atoms with E-state index in [1.807, 2.05) is 0 Å². The minimum absolute atomic E-state index is 0.0568. The number of carbonyl (C=O) groups excluding carboxylic acids is 2. The second-order valence-electron chi connectivity index (χ2n) is 3.01. The second-order valence-corrected chi connectivity index (χ2v) is 4.59. The van der Waals surface area contributed by atoms with Gasteiger partial charge in [-0.3, -0.25) is 9.59 Å². The molecule has 0 unspecified atom stereocenters. The quantitative estimate of drug-likeness (QED) is 0.811. The molecule has 0 aromatic carbocycles. The molecule has 0 aliphatic heterocycles. The smallest absolute Gasteiger partial charge is 0.230 e. The third kappa shape index (κ3) is 1.39. The second kappa shape index (κ2) is 3.43. The van der Waals surface area contributed by atoms with Crippen molar-refractivity contribution in [2.45, 2.75) is 6.92 Å². The number of halogens is 1. The Labute approximate surface area is 95.0 Å². The minimum atomic E-state index is -0.332. The molecule has 0 amide bonds. The van der Waals surface area contributed by atoms with Gasteiger partial charge >= 0.3 is 0 Å². The van der Waals surface area contributed by atoms with E-state index < -0.39 is 0 Å². The molecule has 1 aliphatic rings. The van der Waals surface area contributed by atoms with E-state index in [1.54, 1.807) is 14.0 Å². The van der Waals surface area contributed by atoms with Crippen molar-refractivity contribution in [1.29, 1.82) is 0 Å². The summed E-state index contributed by atoms with van der Waals surface area (Å²) in [5.41, 5.74) is 0.329. The molecule has 0 fully saturated rings. The lowest BCUT2D eigenvalue weighted by Gasteiger charge is -2.12. The van der Waals surface area contributed by atoms with Crippen LogP contribution >= 0.6 is 22.9 Å². The van der Waals surface area contributed by atoms with Crippen LogP contribution in [0.25, 0.3) is 0 Å². The number of likely N-dealkylation sites (N-methyl/N-ethyl adjacent to an activating group) is 1. The summed E-state index contributed by atoms with van der Waals surface area (Å²) in [5.74, 6) is -0.650. The summed E-state index contributed by atoms with van der Waals surface area (Å²) < 4.78 is 0. The molecule has 4 nitrogen and oxygen atoms in total. The Balaban J connectivity index is 2.67. The predicted molar refractivity (Wildman–Crippen MR) is 57.5 cm³/mol. The summed E-state index contributed by atoms with van der Waals surface area (Å²) in [7, 11) is 1.55. The Hall–Kier alpha value is -1.20. The predicted octanol–water partition coefficient (Wildman–Crippen LogP) is 1.50. The number of thiazole rings is 1. The van der Waals surface area contributed by atoms with E-state index in [0.29, 0.717) is 9.88 Å². The molecule has 1 N–H and O–H groups in total. The zero-order valence-electron chi connectivity index (χ0n) is 8.05. The highest BCUT2D eigenvalue weighted by molar-refractivity contribution is 7.14. The number of hydrogen-bond donors (Lipinski definition) is 1. The SMILES string of the molecule is CNC1=C(Cl)C(=O)c2sc(C)nc2C1=O. The highest BCUT2D eigenvalue weighted by Crippen LogP contribution is 2.30. The largest absolute Gasteiger partial charge is 0.384 e. The minimum Gasteiger partial charge on any atom is -0.384 e. The first-order valence-corrected chi connectivity index (χ1v) is 5.40. The van der Waals surface area contributed by atoms with Crippen molar-refractivity contribution in [2.24, 2.45) is 0 Å². The fourth-order valence-corrected chi connectivity index (χ4v) is 2.58. The number of hydrogen-bond acceptors (Lipinski definition) is 5. The molecule has 0 radical (unpaired) electrons. The van der Waals surface area contributed by atoms with Gasteiger partial charge in [0.2, 0.25) is 11.6 Å². The van der Waals surface area contributed by atoms with Crippen molar-refractivity contribution >= 4 is 34.5 Å². The summed E-state index contributed by atoms with van der Waals surface area (Å²) in [6.07, 6.45) is 0. The van der Waals surface area contributed by atoms with Gasteiger partial charge in [-0.05, 0) is 6.92 Å². The van der Waals surface area contributed by atoms with Gasteiger partial charge in [-0.1, -0.05) is 11.6 Å². The summed E-state index contributed by atoms with van der Waals surface area (Å²) in [4.78, 5) is 27.9. The number of aromatic nitrogens is 1. The first-order chi connectivity index (χ1) is 7.06. The van der Waals surface area contributed by atoms with E-state index in [2.05, 4.69) is 10.3 Å². The van der Waals surface area contributed by atoms with E-state index in [9.17, 15) is 9.59 Å². The summed E-state index contributed by atoms with van der Waals surface area (Å²) >= 11 is 6.98. The van der Waals surface area contributed by atoms with Gasteiger partial charge in [-0.25, -0.2) is 4.98 Å². The van der Waals surface area contributed by atoms with Crippen LogP contribution in [0.4, 0.5) is 0 Å². The molecule has 1 aromatic heterocycles. The van der Waals surface area contributed by atoms with Gasteiger partial charge in [0.15, 0.2) is 0 Å². The van der Waals surface area contributed by atoms with Crippen LogP contribution in [0.15, 0.2) is 10.7 Å². The summed E-state index contributed by atoms with van der Waals surface area (Å²) in [6.45, 7) is 1.75. The Morgan fingerprint density at radius 3 is 2.60 bits per heavy atom. The summed E-state index contributed by atoms with van der Waals surface area (Å²) in [6, 6.07) is 0. The average Bonchev–Trinajstić information content (AvgIpc) is 2.58. The fraction of sp³-hybridized carbons (Fsp3) is 0.222. The van der Waals surface area contributed by atoms with Crippen molar-refractivity contribution in [1.82, 2.24) is 10.3 Å². The van der Waals surface area contributed by atoms with E-state index in [-0.39, 0.29) is 28.0 Å². The highest BCUT2D eigenvalue weighted by atomic mass is 35.5. The summed E-state index contributed by atoms with van der Waals surface area (Å²) in [5, 5.41) is 3.25. The third-order valence-electron chi connectivity index (χ3n) is 2.05. The van der Waals surface area contributed by atoms with Crippen LogP contribution in [0.5, 0.6) is 0 Å². The van der Waals surface area contributed by atoms with Crippen LogP contribution in [-0.2, 0) is 0 Å². The number of ketones is 2. The first kappa shape index (κ1) is 10.3. The number of carbonyl (C=O) groups is 2. The standard InChI is InChI=1S/C9H7ClN2O2S/c1-3-12-6-8(14)5(11-2)4(10)7(13)9(6)15-3/h11H,1-2H3. The van der Waals surface area contributed by atoms with Crippen molar-refractivity contribution in [3.05, 3.63) is 26.3 Å². The van der Waals surface area contributed by atoms with Gasteiger partial charge in [0.1, 0.15) is 21.3 Å². The molecule has 78 valence electrons. The van der Waals surface area contributed by atoms with Crippen molar-refractivity contribution < 1.29 is 9.59 Å². The number of rotatable bonds is 1. The molecule has 1 aliphatic carbocycles. The molecule has 1 aromatic rings. The lowest BCUT2D eigenvalue weighted by atomic mass is 10.0. The van der Waals surface area contributed by atoms with Gasteiger partial charge in [-0.15, -0.1) is 11.3 Å². The van der Waals surface area contributed by atoms with E-state index in [0.717, 1.165) is 0 Å². The van der Waals surface area contributed by atoms with Crippen LogP contribution in [0.2, 0.25) is 0 Å². The molecule has 15 heavy (non-hydrogen) atoms. The molecule has 0 saturated heterocycles. The molecule has 0 spiro atoms. The molecule has 6 heteroatoms. The van der Waals surface area contributed by atoms with Crippen LogP contribution < -0.4 is 5.32 Å². The lowest BCUT2D eigenvalue weighted by molar-refractivity contribution is 0.0975. The third-order valence-corrected chi connectivity index (χ3v) is 3.38. The lowest BCUT2D eigenvalue weighted by Crippen LogP contribution is -2.26. The maximum Gasteiger partial charge on any atom is 0.230 e. The molecular formula is C9H7ClN2O2S. The van der Waals surface area contributed by atoms with Crippen LogP contribution in [0, 0.1) is 6.92 Å². The number of nitrogens with zero attached hydrogens (tertiary/aromatic N) is 1. The molecule has 0 atom stereocenters. The Bertz CT molecular complexity index is 504. The normalized spacial score (nSPS) is 15.7. The van der Waals surface area contributed by atoms with E-state index in [1.165, 1.54) is 11.3 Å². The number of nitrogens with one attached hydrogen (secondary N) is 1. The van der Waals surface area contributed by atoms with E-state index in [4.69, 9.17) is 11.6 Å². The van der Waals surface area contributed by atoms with Gasteiger partial charge < -0.3 is 5.32 Å². The van der Waals surface area contributed by atoms with Crippen molar-refractivity contribution in [2.75, 3.05) is 7.05 Å². The zero-order chi connectivity index (χ0) is 11.2.